The van der Waals surface area contributed by atoms with E-state index in [9.17, 15) is 4.79 Å². The van der Waals surface area contributed by atoms with Gasteiger partial charge < -0.3 is 0 Å². The van der Waals surface area contributed by atoms with Gasteiger partial charge in [-0.1, -0.05) is 34.1 Å². The molecule has 0 spiro atoms. The van der Waals surface area contributed by atoms with E-state index in [4.69, 9.17) is 0 Å². The van der Waals surface area contributed by atoms with E-state index in [0.717, 1.165) is 10.0 Å². The Morgan fingerprint density at radius 1 is 1.22 bits per heavy atom. The molecule has 0 saturated heterocycles. The van der Waals surface area contributed by atoms with Gasteiger partial charge in [0.15, 0.2) is 0 Å². The molecule has 0 radical (unpaired) electrons. The van der Waals surface area contributed by atoms with Crippen LogP contribution in [-0.4, -0.2) is 17.1 Å². The zero-order valence-corrected chi connectivity index (χ0v) is 11.0. The van der Waals surface area contributed by atoms with Crippen molar-refractivity contribution in [1.82, 2.24) is 10.4 Å². The number of halogens is 1. The molecule has 0 saturated carbocycles. The number of pyridine rings is 1. The minimum Gasteiger partial charge on any atom is -0.267 e. The molecule has 0 fully saturated rings. The zero-order valence-electron chi connectivity index (χ0n) is 9.38. The molecule has 0 atom stereocenters. The molecular formula is C13H10BrN3O. The van der Waals surface area contributed by atoms with Crippen LogP contribution < -0.4 is 5.43 Å². The van der Waals surface area contributed by atoms with Crippen molar-refractivity contribution in [3.63, 3.8) is 0 Å². The van der Waals surface area contributed by atoms with Crippen LogP contribution in [0.5, 0.6) is 0 Å². The number of nitrogens with zero attached hydrogens (tertiary/aromatic N) is 2. The monoisotopic (exact) mass is 303 g/mol. The maximum atomic E-state index is 11.7. The molecule has 90 valence electrons. The summed E-state index contributed by atoms with van der Waals surface area (Å²) in [6.07, 6.45) is 4.71. The molecule has 2 aromatic rings. The number of benzene rings is 1. The number of aromatic nitrogens is 1. The number of hydrogen-bond acceptors (Lipinski definition) is 3. The van der Waals surface area contributed by atoms with Crippen LogP contribution in [0.2, 0.25) is 0 Å². The second kappa shape index (κ2) is 6.07. The second-order valence-electron chi connectivity index (χ2n) is 3.46. The van der Waals surface area contributed by atoms with E-state index >= 15 is 0 Å². The molecule has 18 heavy (non-hydrogen) atoms. The summed E-state index contributed by atoms with van der Waals surface area (Å²) in [6.45, 7) is 0. The molecule has 4 nitrogen and oxygen atoms in total. The van der Waals surface area contributed by atoms with Gasteiger partial charge in [0, 0.05) is 28.0 Å². The SMILES string of the molecule is O=C(NN=Cc1ccccc1Br)c1ccncc1. The lowest BCUT2D eigenvalue weighted by Gasteiger charge is -1.99. The van der Waals surface area contributed by atoms with Crippen LogP contribution >= 0.6 is 15.9 Å². The first kappa shape index (κ1) is 12.4. The van der Waals surface area contributed by atoms with E-state index in [1.54, 1.807) is 30.7 Å². The third kappa shape index (κ3) is 3.24. The summed E-state index contributed by atoms with van der Waals surface area (Å²) in [5.74, 6) is -0.263. The van der Waals surface area contributed by atoms with E-state index in [-0.39, 0.29) is 5.91 Å². The van der Waals surface area contributed by atoms with Crippen LogP contribution in [0.1, 0.15) is 15.9 Å². The van der Waals surface area contributed by atoms with Gasteiger partial charge in [-0.25, -0.2) is 5.43 Å². The van der Waals surface area contributed by atoms with Crippen LogP contribution in [0, 0.1) is 0 Å². The predicted octanol–water partition coefficient (Wildman–Crippen LogP) is 2.61. The Kier molecular flexibility index (Phi) is 4.20. The molecule has 0 aliphatic carbocycles. The van der Waals surface area contributed by atoms with Crippen molar-refractivity contribution in [3.8, 4) is 0 Å². The van der Waals surface area contributed by atoms with E-state index in [1.165, 1.54) is 0 Å². The Labute approximate surface area is 113 Å². The number of hydrazone groups is 1. The van der Waals surface area contributed by atoms with Crippen molar-refractivity contribution in [2.45, 2.75) is 0 Å². The molecular weight excluding hydrogens is 294 g/mol. The van der Waals surface area contributed by atoms with Gasteiger partial charge in [-0.2, -0.15) is 5.10 Å². The summed E-state index contributed by atoms with van der Waals surface area (Å²) < 4.78 is 0.923. The van der Waals surface area contributed by atoms with Crippen molar-refractivity contribution in [1.29, 1.82) is 0 Å². The van der Waals surface area contributed by atoms with Crippen molar-refractivity contribution in [2.75, 3.05) is 0 Å². The van der Waals surface area contributed by atoms with Gasteiger partial charge in [0.2, 0.25) is 0 Å². The third-order valence-electron chi connectivity index (χ3n) is 2.22. The highest BCUT2D eigenvalue weighted by Crippen LogP contribution is 2.13. The maximum Gasteiger partial charge on any atom is 0.271 e. The van der Waals surface area contributed by atoms with E-state index < -0.39 is 0 Å². The Bertz CT molecular complexity index is 569. The van der Waals surface area contributed by atoms with Crippen LogP contribution in [0.4, 0.5) is 0 Å². The number of carbonyl (C=O) groups excluding carboxylic acids is 1. The standard InChI is InChI=1S/C13H10BrN3O/c14-12-4-2-1-3-11(12)9-16-17-13(18)10-5-7-15-8-6-10/h1-9H,(H,17,18). The van der Waals surface area contributed by atoms with Gasteiger partial charge in [0.05, 0.1) is 6.21 Å². The molecule has 1 aromatic heterocycles. The first-order chi connectivity index (χ1) is 8.77. The molecule has 1 heterocycles. The van der Waals surface area contributed by atoms with Gasteiger partial charge in [-0.05, 0) is 18.2 Å². The Hall–Kier alpha value is -2.01. The summed E-state index contributed by atoms with van der Waals surface area (Å²) in [7, 11) is 0. The van der Waals surface area contributed by atoms with Gasteiger partial charge in [0.1, 0.15) is 0 Å². The zero-order chi connectivity index (χ0) is 12.8. The molecule has 5 heteroatoms. The molecule has 1 aromatic carbocycles. The molecule has 0 bridgehead atoms. The Morgan fingerprint density at radius 3 is 2.67 bits per heavy atom. The average molecular weight is 304 g/mol. The minimum atomic E-state index is -0.263. The number of carbonyl (C=O) groups is 1. The summed E-state index contributed by atoms with van der Waals surface area (Å²) in [6, 6.07) is 10.9. The lowest BCUT2D eigenvalue weighted by atomic mass is 10.2. The van der Waals surface area contributed by atoms with Crippen molar-refractivity contribution >= 4 is 28.1 Å². The summed E-state index contributed by atoms with van der Waals surface area (Å²) >= 11 is 3.40. The van der Waals surface area contributed by atoms with Crippen LogP contribution in [-0.2, 0) is 0 Å². The molecule has 0 unspecified atom stereocenters. The van der Waals surface area contributed by atoms with Crippen molar-refractivity contribution < 1.29 is 4.79 Å². The third-order valence-corrected chi connectivity index (χ3v) is 2.94. The number of amides is 1. The summed E-state index contributed by atoms with van der Waals surface area (Å²) in [4.78, 5) is 15.5. The second-order valence-corrected chi connectivity index (χ2v) is 4.31. The maximum absolute atomic E-state index is 11.7. The first-order valence-electron chi connectivity index (χ1n) is 5.25. The largest absolute Gasteiger partial charge is 0.271 e. The summed E-state index contributed by atoms with van der Waals surface area (Å²) in [5.41, 5.74) is 3.87. The van der Waals surface area contributed by atoms with Crippen LogP contribution in [0.3, 0.4) is 0 Å². The minimum absolute atomic E-state index is 0.263. The fourth-order valence-corrected chi connectivity index (χ4v) is 1.70. The molecule has 2 rings (SSSR count). The molecule has 0 aliphatic rings. The Balaban J connectivity index is 2.00. The van der Waals surface area contributed by atoms with Gasteiger partial charge in [-0.15, -0.1) is 0 Å². The highest BCUT2D eigenvalue weighted by Gasteiger charge is 2.02. The Morgan fingerprint density at radius 2 is 1.94 bits per heavy atom. The van der Waals surface area contributed by atoms with Gasteiger partial charge in [-0.3, -0.25) is 9.78 Å². The fourth-order valence-electron chi connectivity index (χ4n) is 1.31. The normalized spacial score (nSPS) is 10.5. The smallest absolute Gasteiger partial charge is 0.267 e. The predicted molar refractivity (Wildman–Crippen MR) is 73.4 cm³/mol. The molecule has 0 aliphatic heterocycles. The number of nitrogens with one attached hydrogen (secondary N) is 1. The lowest BCUT2D eigenvalue weighted by Crippen LogP contribution is -2.17. The van der Waals surface area contributed by atoms with Crippen molar-refractivity contribution in [2.24, 2.45) is 5.10 Å². The number of rotatable bonds is 3. The quantitative estimate of drug-likeness (QED) is 0.700. The molecule has 1 amide bonds. The van der Waals surface area contributed by atoms with Gasteiger partial charge >= 0.3 is 0 Å². The van der Waals surface area contributed by atoms with Gasteiger partial charge in [0.25, 0.3) is 5.91 Å². The topological polar surface area (TPSA) is 54.4 Å². The lowest BCUT2D eigenvalue weighted by molar-refractivity contribution is 0.0955. The highest BCUT2D eigenvalue weighted by atomic mass is 79.9. The highest BCUT2D eigenvalue weighted by molar-refractivity contribution is 9.10. The first-order valence-corrected chi connectivity index (χ1v) is 6.04. The van der Waals surface area contributed by atoms with E-state index in [1.807, 2.05) is 24.3 Å². The average Bonchev–Trinajstić information content (AvgIpc) is 2.42. The van der Waals surface area contributed by atoms with Crippen molar-refractivity contribution in [3.05, 3.63) is 64.4 Å². The van der Waals surface area contributed by atoms with Crippen LogP contribution in [0.15, 0.2) is 58.4 Å². The number of hydrogen-bond donors (Lipinski definition) is 1. The molecule has 1 N–H and O–H groups in total. The van der Waals surface area contributed by atoms with Crippen LogP contribution in [0.25, 0.3) is 0 Å². The summed E-state index contributed by atoms with van der Waals surface area (Å²) in [5, 5.41) is 3.90. The van der Waals surface area contributed by atoms with E-state index in [2.05, 4.69) is 31.4 Å². The van der Waals surface area contributed by atoms with E-state index in [0.29, 0.717) is 5.56 Å². The fraction of sp³-hybridized carbons (Fsp3) is 0.